The van der Waals surface area contributed by atoms with Crippen LogP contribution in [0.25, 0.3) is 0 Å². The number of amides is 1. The fraction of sp³-hybridized carbons (Fsp3) is 0.364. The maximum atomic E-state index is 12.1. The van der Waals surface area contributed by atoms with E-state index in [1.54, 1.807) is 18.2 Å². The van der Waals surface area contributed by atoms with Crippen LogP contribution in [-0.4, -0.2) is 23.7 Å². The van der Waals surface area contributed by atoms with Crippen LogP contribution < -0.4 is 5.32 Å². The number of nitrogens with one attached hydrogen (secondary N) is 1. The minimum absolute atomic E-state index is 0.125. The van der Waals surface area contributed by atoms with Gasteiger partial charge in [-0.2, -0.15) is 13.2 Å². The lowest BCUT2D eigenvalue weighted by atomic mass is 10.3. The number of hydrogen-bond donors (Lipinski definition) is 1. The van der Waals surface area contributed by atoms with Crippen molar-refractivity contribution in [2.75, 3.05) is 16.9 Å². The third kappa shape index (κ3) is 5.64. The van der Waals surface area contributed by atoms with Gasteiger partial charge in [-0.1, -0.05) is 12.1 Å². The third-order valence-electron chi connectivity index (χ3n) is 1.87. The van der Waals surface area contributed by atoms with Gasteiger partial charge in [-0.25, -0.2) is 0 Å². The zero-order valence-electron chi connectivity index (χ0n) is 9.26. The summed E-state index contributed by atoms with van der Waals surface area (Å²) < 4.78 is 36.4. The molecule has 1 amide bonds. The Morgan fingerprint density at radius 1 is 1.33 bits per heavy atom. The molecular formula is C11H11ClF3NOS. The number of carbonyl (C=O) groups excluding carboxylic acids is 1. The molecule has 0 saturated heterocycles. The summed E-state index contributed by atoms with van der Waals surface area (Å²) in [6.07, 6.45) is -4.11. The largest absolute Gasteiger partial charge is 0.398 e. The molecule has 0 atom stereocenters. The minimum atomic E-state index is -4.24. The number of anilines is 1. The second-order valence-electron chi connectivity index (χ2n) is 3.39. The number of halogens is 4. The smallest absolute Gasteiger partial charge is 0.325 e. The summed E-state index contributed by atoms with van der Waals surface area (Å²) in [5.41, 5.74) is 0.377. The highest BCUT2D eigenvalue weighted by Gasteiger charge is 2.27. The third-order valence-corrected chi connectivity index (χ3v) is 3.20. The Bertz CT molecular complexity index is 412. The summed E-state index contributed by atoms with van der Waals surface area (Å²) in [5, 5.41) is 2.54. The van der Waals surface area contributed by atoms with Crippen molar-refractivity contribution < 1.29 is 18.0 Å². The van der Waals surface area contributed by atoms with Crippen molar-refractivity contribution in [2.45, 2.75) is 17.5 Å². The predicted molar refractivity (Wildman–Crippen MR) is 67.2 cm³/mol. The van der Waals surface area contributed by atoms with Crippen molar-refractivity contribution in [1.82, 2.24) is 0 Å². The quantitative estimate of drug-likeness (QED) is 0.659. The molecule has 18 heavy (non-hydrogen) atoms. The Labute approximate surface area is 112 Å². The summed E-state index contributed by atoms with van der Waals surface area (Å²) in [6, 6.07) is 6.36. The van der Waals surface area contributed by atoms with Crippen molar-refractivity contribution in [2.24, 2.45) is 0 Å². The highest BCUT2D eigenvalue weighted by molar-refractivity contribution is 7.99. The van der Waals surface area contributed by atoms with E-state index in [1.165, 1.54) is 6.07 Å². The molecule has 0 bridgehead atoms. The van der Waals surface area contributed by atoms with Crippen molar-refractivity contribution in [3.8, 4) is 0 Å². The second kappa shape index (κ2) is 6.89. The average Bonchev–Trinajstić information content (AvgIpc) is 2.27. The maximum Gasteiger partial charge on any atom is 0.398 e. The molecule has 0 aliphatic rings. The summed E-state index contributed by atoms with van der Waals surface area (Å²) in [5.74, 6) is -1.14. The first-order valence-corrected chi connectivity index (χ1v) is 6.59. The van der Waals surface area contributed by atoms with Gasteiger partial charge in [0.15, 0.2) is 0 Å². The number of carbonyl (C=O) groups is 1. The summed E-state index contributed by atoms with van der Waals surface area (Å²) in [7, 11) is 0. The van der Waals surface area contributed by atoms with Crippen LogP contribution >= 0.6 is 23.4 Å². The molecule has 0 aromatic heterocycles. The fourth-order valence-electron chi connectivity index (χ4n) is 1.15. The topological polar surface area (TPSA) is 29.1 Å². The van der Waals surface area contributed by atoms with E-state index in [9.17, 15) is 18.0 Å². The molecule has 1 rings (SSSR count). The molecule has 1 N–H and O–H groups in total. The molecule has 0 spiro atoms. The van der Waals surface area contributed by atoms with E-state index in [0.29, 0.717) is 22.3 Å². The SMILES string of the molecule is O=C(CCCl)Nc1ccccc1SCC(F)(F)F. The first-order valence-electron chi connectivity index (χ1n) is 5.07. The van der Waals surface area contributed by atoms with Crippen LogP contribution in [-0.2, 0) is 4.79 Å². The van der Waals surface area contributed by atoms with Gasteiger partial charge in [0.1, 0.15) is 0 Å². The first-order chi connectivity index (χ1) is 8.42. The molecule has 7 heteroatoms. The van der Waals surface area contributed by atoms with Gasteiger partial charge >= 0.3 is 6.18 Å². The number of hydrogen-bond acceptors (Lipinski definition) is 2. The second-order valence-corrected chi connectivity index (χ2v) is 4.78. The van der Waals surface area contributed by atoms with Crippen molar-refractivity contribution in [3.05, 3.63) is 24.3 Å². The molecule has 2 nitrogen and oxygen atoms in total. The molecule has 0 saturated carbocycles. The van der Waals surface area contributed by atoms with Gasteiger partial charge in [-0.05, 0) is 12.1 Å². The Balaban J connectivity index is 2.70. The lowest BCUT2D eigenvalue weighted by molar-refractivity contribution is -0.115. The maximum absolute atomic E-state index is 12.1. The Morgan fingerprint density at radius 3 is 2.61 bits per heavy atom. The Kier molecular flexibility index (Phi) is 5.81. The molecule has 0 aliphatic heterocycles. The number of thioether (sulfide) groups is 1. The van der Waals surface area contributed by atoms with Gasteiger partial charge < -0.3 is 5.32 Å². The lowest BCUT2D eigenvalue weighted by Crippen LogP contribution is -2.13. The van der Waals surface area contributed by atoms with Gasteiger partial charge in [0.2, 0.25) is 5.91 Å². The molecule has 100 valence electrons. The van der Waals surface area contributed by atoms with E-state index < -0.39 is 11.9 Å². The molecule has 0 aliphatic carbocycles. The molecular weight excluding hydrogens is 287 g/mol. The van der Waals surface area contributed by atoms with Crippen LogP contribution in [0.3, 0.4) is 0 Å². The van der Waals surface area contributed by atoms with Crippen LogP contribution in [0.4, 0.5) is 18.9 Å². The number of benzene rings is 1. The molecule has 0 heterocycles. The van der Waals surface area contributed by atoms with Gasteiger partial charge in [-0.3, -0.25) is 4.79 Å². The van der Waals surface area contributed by atoms with Gasteiger partial charge in [0.05, 0.1) is 11.4 Å². The molecule has 1 aromatic carbocycles. The van der Waals surface area contributed by atoms with E-state index in [1.807, 2.05) is 0 Å². The minimum Gasteiger partial charge on any atom is -0.325 e. The highest BCUT2D eigenvalue weighted by Crippen LogP contribution is 2.32. The van der Waals surface area contributed by atoms with E-state index in [-0.39, 0.29) is 18.2 Å². The average molecular weight is 298 g/mol. The Morgan fingerprint density at radius 2 is 2.00 bits per heavy atom. The van der Waals surface area contributed by atoms with E-state index in [0.717, 1.165) is 0 Å². The molecule has 0 radical (unpaired) electrons. The highest BCUT2D eigenvalue weighted by atomic mass is 35.5. The Hall–Kier alpha value is -0.880. The van der Waals surface area contributed by atoms with E-state index in [2.05, 4.69) is 5.32 Å². The monoisotopic (exact) mass is 297 g/mol. The zero-order chi connectivity index (χ0) is 13.6. The van der Waals surface area contributed by atoms with E-state index in [4.69, 9.17) is 11.6 Å². The molecule has 1 aromatic rings. The van der Waals surface area contributed by atoms with Crippen LogP contribution in [0.2, 0.25) is 0 Å². The number of rotatable bonds is 5. The van der Waals surface area contributed by atoms with Crippen LogP contribution in [0, 0.1) is 0 Å². The van der Waals surface area contributed by atoms with Crippen LogP contribution in [0.15, 0.2) is 29.2 Å². The van der Waals surface area contributed by atoms with Crippen LogP contribution in [0.5, 0.6) is 0 Å². The van der Waals surface area contributed by atoms with Crippen molar-refractivity contribution in [3.63, 3.8) is 0 Å². The number of alkyl halides is 4. The van der Waals surface area contributed by atoms with Gasteiger partial charge in [-0.15, -0.1) is 23.4 Å². The van der Waals surface area contributed by atoms with Gasteiger partial charge in [0.25, 0.3) is 0 Å². The van der Waals surface area contributed by atoms with Crippen molar-refractivity contribution in [1.29, 1.82) is 0 Å². The molecule has 0 fully saturated rings. The predicted octanol–water partition coefficient (Wildman–Crippen LogP) is 3.91. The normalized spacial score (nSPS) is 11.3. The lowest BCUT2D eigenvalue weighted by Gasteiger charge is -2.11. The van der Waals surface area contributed by atoms with Gasteiger partial charge in [0, 0.05) is 17.2 Å². The summed E-state index contributed by atoms with van der Waals surface area (Å²) in [4.78, 5) is 11.7. The summed E-state index contributed by atoms with van der Waals surface area (Å²) >= 11 is 6.05. The van der Waals surface area contributed by atoms with Crippen LogP contribution in [0.1, 0.15) is 6.42 Å². The van der Waals surface area contributed by atoms with Crippen molar-refractivity contribution >= 4 is 35.0 Å². The standard InChI is InChI=1S/C11H11ClF3NOS/c12-6-5-10(17)16-8-3-1-2-4-9(8)18-7-11(13,14)15/h1-4H,5-7H2,(H,16,17). The first kappa shape index (κ1) is 15.2. The molecule has 0 unspecified atom stereocenters. The number of para-hydroxylation sites is 1. The zero-order valence-corrected chi connectivity index (χ0v) is 10.8. The van der Waals surface area contributed by atoms with E-state index >= 15 is 0 Å². The summed E-state index contributed by atoms with van der Waals surface area (Å²) in [6.45, 7) is 0. The fourth-order valence-corrected chi connectivity index (χ4v) is 2.09.